The Morgan fingerprint density at radius 2 is 1.58 bits per heavy atom. The Balaban J connectivity index is 1.56. The summed E-state index contributed by atoms with van der Waals surface area (Å²) < 4.78 is 45.8. The van der Waals surface area contributed by atoms with E-state index in [2.05, 4.69) is 24.0 Å². The third kappa shape index (κ3) is 9.61. The normalized spacial score (nSPS) is 47.4. The largest absolute Gasteiger partial charge is 0.459 e. The molecule has 4 saturated heterocycles. The van der Waals surface area contributed by atoms with Crippen molar-refractivity contribution in [3.63, 3.8) is 0 Å². The highest BCUT2D eigenvalue weighted by atomic mass is 16.7. The van der Waals surface area contributed by atoms with Gasteiger partial charge < -0.3 is 48.5 Å². The van der Waals surface area contributed by atoms with Crippen LogP contribution in [0.1, 0.15) is 107 Å². The van der Waals surface area contributed by atoms with Gasteiger partial charge in [0, 0.05) is 44.4 Å². The summed E-state index contributed by atoms with van der Waals surface area (Å²) in [6.07, 6.45) is -4.92. The number of ether oxygens (including phenoxy) is 7. The lowest BCUT2D eigenvalue weighted by Gasteiger charge is -2.48. The van der Waals surface area contributed by atoms with Crippen LogP contribution in [0, 0.1) is 23.7 Å². The fraction of sp³-hybridized carbons (Fsp3) is 0.837. The number of hydrogen-bond acceptors (Lipinski definition) is 12. The monoisotopic (exact) mass is 778 g/mol. The first-order valence-electron chi connectivity index (χ1n) is 20.6. The van der Waals surface area contributed by atoms with Crippen molar-refractivity contribution in [2.24, 2.45) is 23.7 Å². The molecule has 4 fully saturated rings. The Morgan fingerprint density at radius 3 is 2.22 bits per heavy atom. The second-order valence-electron chi connectivity index (χ2n) is 18.2. The third-order valence-corrected chi connectivity index (χ3v) is 13.3. The van der Waals surface area contributed by atoms with Crippen LogP contribution >= 0.6 is 0 Å². The lowest BCUT2D eigenvalue weighted by atomic mass is 9.76. The van der Waals surface area contributed by atoms with E-state index >= 15 is 0 Å². The smallest absolute Gasteiger partial charge is 0.311 e. The van der Waals surface area contributed by atoms with E-state index in [1.54, 1.807) is 14.0 Å². The summed E-state index contributed by atoms with van der Waals surface area (Å²) in [6.45, 7) is 19.7. The highest BCUT2D eigenvalue weighted by molar-refractivity contribution is 5.73. The summed E-state index contributed by atoms with van der Waals surface area (Å²) in [5, 5.41) is 35.7. The quantitative estimate of drug-likeness (QED) is 0.283. The molecule has 12 nitrogen and oxygen atoms in total. The summed E-state index contributed by atoms with van der Waals surface area (Å²) in [5.41, 5.74) is -2.12. The topological polar surface area (TPSA) is 146 Å². The molecule has 0 unspecified atom stereocenters. The van der Waals surface area contributed by atoms with E-state index in [9.17, 15) is 20.1 Å². The molecule has 5 rings (SSSR count). The van der Waals surface area contributed by atoms with Gasteiger partial charge in [-0.3, -0.25) is 9.69 Å². The first-order valence-corrected chi connectivity index (χ1v) is 20.6. The second-order valence-corrected chi connectivity index (χ2v) is 18.2. The standard InChI is InChI=1S/C43H71NO11/c1-13-32-43(10,48)37(46)27(5)35-24(2)20-42(9,55-35)38(54-40-34(45)31(19-25(3)51-40)44(11)23-30-17-15-14-16-18-30)28(6)36(29(7)39(47)52-32)53-33-22-41(8,49-12)21-26(4)50-33/h14-18,24-29,31-38,40,45-46,48H,13,19-23H2,1-12H3/t24-,25+,26-,27-,28-,29+,31-,32+,33-,34+,35+,36-,37+,38+,40-,41-,42+,43+/m0/s1. The number of methoxy groups -OCH3 is 1. The SMILES string of the molecule is CC[C@H]1OC(=O)[C@H](C)[C@@H](O[C@H]2C[C@@](C)(OC)C[C@H](C)O2)[C@H](C)[C@@H](O[C@@H]2O[C@H](C)C[C@H](N(C)Cc3ccccc3)[C@H]2O)[C@@]2(C)C[C@H](C)[C@@H](O2)[C@H](C)[C@@H](O)[C@]1(C)O. The molecule has 4 aliphatic heterocycles. The van der Waals surface area contributed by atoms with Crippen LogP contribution in [0.15, 0.2) is 30.3 Å². The maximum absolute atomic E-state index is 14.3. The van der Waals surface area contributed by atoms with Crippen LogP contribution in [0.25, 0.3) is 0 Å². The number of cyclic esters (lactones) is 1. The van der Waals surface area contributed by atoms with Gasteiger partial charge in [0.2, 0.25) is 0 Å². The molecule has 55 heavy (non-hydrogen) atoms. The molecule has 0 spiro atoms. The predicted molar refractivity (Wildman–Crippen MR) is 207 cm³/mol. The number of rotatable bonds is 9. The van der Waals surface area contributed by atoms with Crippen LogP contribution in [0.5, 0.6) is 0 Å². The summed E-state index contributed by atoms with van der Waals surface area (Å²) in [6, 6.07) is 9.88. The van der Waals surface area contributed by atoms with Crippen molar-refractivity contribution in [3.05, 3.63) is 35.9 Å². The first-order chi connectivity index (χ1) is 25.7. The van der Waals surface area contributed by atoms with Crippen LogP contribution in [-0.2, 0) is 44.5 Å². The second kappa shape index (κ2) is 17.6. The molecule has 0 saturated carbocycles. The summed E-state index contributed by atoms with van der Waals surface area (Å²) in [5.74, 6) is -2.55. The van der Waals surface area contributed by atoms with Gasteiger partial charge in [0.25, 0.3) is 0 Å². The van der Waals surface area contributed by atoms with E-state index in [0.29, 0.717) is 32.2 Å². The third-order valence-electron chi connectivity index (χ3n) is 13.3. The minimum Gasteiger partial charge on any atom is -0.459 e. The fourth-order valence-electron chi connectivity index (χ4n) is 10.2. The van der Waals surface area contributed by atoms with Gasteiger partial charge in [-0.2, -0.15) is 0 Å². The Kier molecular flexibility index (Phi) is 14.2. The highest BCUT2D eigenvalue weighted by Crippen LogP contribution is 2.48. The van der Waals surface area contributed by atoms with Gasteiger partial charge in [-0.05, 0) is 79.3 Å². The molecule has 0 aliphatic carbocycles. The van der Waals surface area contributed by atoms with E-state index in [1.165, 1.54) is 6.92 Å². The first kappa shape index (κ1) is 44.4. The summed E-state index contributed by atoms with van der Waals surface area (Å²) in [4.78, 5) is 16.4. The van der Waals surface area contributed by atoms with Gasteiger partial charge in [-0.1, -0.05) is 58.0 Å². The summed E-state index contributed by atoms with van der Waals surface area (Å²) >= 11 is 0. The van der Waals surface area contributed by atoms with Crippen molar-refractivity contribution in [3.8, 4) is 0 Å². The zero-order valence-electron chi connectivity index (χ0n) is 35.3. The van der Waals surface area contributed by atoms with Gasteiger partial charge in [0.05, 0.1) is 53.7 Å². The number of carbonyl (C=O) groups excluding carboxylic acids is 1. The lowest BCUT2D eigenvalue weighted by molar-refractivity contribution is -0.312. The molecule has 1 aromatic rings. The number of esters is 1. The van der Waals surface area contributed by atoms with Crippen molar-refractivity contribution >= 4 is 5.97 Å². The van der Waals surface area contributed by atoms with Crippen molar-refractivity contribution in [1.82, 2.24) is 4.90 Å². The Hall–Kier alpha value is -1.71. The highest BCUT2D eigenvalue weighted by Gasteiger charge is 2.57. The molecule has 314 valence electrons. The number of aliphatic hydroxyl groups excluding tert-OH is 2. The molecule has 4 heterocycles. The van der Waals surface area contributed by atoms with Crippen molar-refractivity contribution in [2.45, 2.75) is 192 Å². The molecule has 3 N–H and O–H groups in total. The van der Waals surface area contributed by atoms with E-state index in [1.807, 2.05) is 73.7 Å². The van der Waals surface area contributed by atoms with E-state index < -0.39 is 89.7 Å². The minimum absolute atomic E-state index is 0.0445. The molecule has 2 bridgehead atoms. The predicted octanol–water partition coefficient (Wildman–Crippen LogP) is 5.22. The zero-order valence-corrected chi connectivity index (χ0v) is 35.3. The maximum atomic E-state index is 14.3. The average molecular weight is 778 g/mol. The van der Waals surface area contributed by atoms with Crippen LogP contribution < -0.4 is 0 Å². The van der Waals surface area contributed by atoms with Crippen LogP contribution in [0.2, 0.25) is 0 Å². The Labute approximate surface area is 329 Å². The molecule has 0 aromatic heterocycles. The van der Waals surface area contributed by atoms with E-state index in [4.69, 9.17) is 33.2 Å². The number of benzene rings is 1. The van der Waals surface area contributed by atoms with Gasteiger partial charge in [0.15, 0.2) is 12.6 Å². The number of hydrogen-bond donors (Lipinski definition) is 3. The minimum atomic E-state index is -1.77. The molecule has 4 aliphatic rings. The Bertz CT molecular complexity index is 1400. The number of likely N-dealkylation sites (N-methyl/N-ethyl adjacent to an activating group) is 1. The van der Waals surface area contributed by atoms with Gasteiger partial charge in [-0.25, -0.2) is 0 Å². The number of fused-ring (bicyclic) bond motifs is 2. The van der Waals surface area contributed by atoms with Gasteiger partial charge in [-0.15, -0.1) is 0 Å². The molecule has 1 aromatic carbocycles. The van der Waals surface area contributed by atoms with Gasteiger partial charge in [0.1, 0.15) is 17.8 Å². The van der Waals surface area contributed by atoms with Crippen LogP contribution in [-0.4, -0.2) is 125 Å². The average Bonchev–Trinajstić information content (AvgIpc) is 3.45. The maximum Gasteiger partial charge on any atom is 0.311 e. The number of carbonyl (C=O) groups is 1. The van der Waals surface area contributed by atoms with Crippen LogP contribution in [0.3, 0.4) is 0 Å². The zero-order chi connectivity index (χ0) is 40.6. The van der Waals surface area contributed by atoms with Crippen molar-refractivity contribution in [1.29, 1.82) is 0 Å². The molecule has 0 amide bonds. The van der Waals surface area contributed by atoms with Crippen molar-refractivity contribution < 1.29 is 53.3 Å². The molecular weight excluding hydrogens is 706 g/mol. The molecule has 18 atom stereocenters. The van der Waals surface area contributed by atoms with E-state index in [0.717, 1.165) is 5.56 Å². The number of aliphatic hydroxyl groups is 3. The summed E-state index contributed by atoms with van der Waals surface area (Å²) in [7, 11) is 3.69. The molecular formula is C43H71NO11. The Morgan fingerprint density at radius 1 is 0.909 bits per heavy atom. The number of nitrogens with zero attached hydrogens (tertiary/aromatic N) is 1. The van der Waals surface area contributed by atoms with Gasteiger partial charge >= 0.3 is 5.97 Å². The van der Waals surface area contributed by atoms with Crippen LogP contribution in [0.4, 0.5) is 0 Å². The molecule has 12 heteroatoms. The lowest BCUT2D eigenvalue weighted by Crippen LogP contribution is -2.59. The molecule has 0 radical (unpaired) electrons. The van der Waals surface area contributed by atoms with E-state index in [-0.39, 0.29) is 30.6 Å². The van der Waals surface area contributed by atoms with Crippen molar-refractivity contribution in [2.75, 3.05) is 14.2 Å². The fourth-order valence-corrected chi connectivity index (χ4v) is 10.2.